The number of rotatable bonds is 2. The maximum Gasteiger partial charge on any atom is -1.00 e. The predicted molar refractivity (Wildman–Crippen MR) is 125 cm³/mol. The van der Waals surface area contributed by atoms with Crippen molar-refractivity contribution < 1.29 is 42.2 Å². The van der Waals surface area contributed by atoms with E-state index in [0.29, 0.717) is 0 Å². The zero-order valence-electron chi connectivity index (χ0n) is 19.2. The molecule has 32 heavy (non-hydrogen) atoms. The fourth-order valence-electron chi connectivity index (χ4n) is 6.99. The van der Waals surface area contributed by atoms with Gasteiger partial charge in [-0.15, -0.1) is 0 Å². The average molecular weight is 499 g/mol. The van der Waals surface area contributed by atoms with Crippen molar-refractivity contribution in [2.24, 2.45) is 0 Å². The first-order valence-electron chi connectivity index (χ1n) is 12.1. The van der Waals surface area contributed by atoms with E-state index >= 15 is 0 Å². The normalized spacial score (nSPS) is 22.5. The Bertz CT molecular complexity index is 1050. The summed E-state index contributed by atoms with van der Waals surface area (Å²) >= 11 is -1.65. The Labute approximate surface area is 211 Å². The summed E-state index contributed by atoms with van der Waals surface area (Å²) in [6.45, 7) is 4.98. The van der Waals surface area contributed by atoms with Gasteiger partial charge in [-0.25, -0.2) is 0 Å². The van der Waals surface area contributed by atoms with Crippen LogP contribution < -0.4 is 24.8 Å². The molecule has 3 heteroatoms. The molecule has 0 aromatic heterocycles. The first-order chi connectivity index (χ1) is 14.8. The number of allylic oxidation sites excluding steroid dienone is 4. The summed E-state index contributed by atoms with van der Waals surface area (Å²) in [6, 6.07) is 19.0. The van der Waals surface area contributed by atoms with Gasteiger partial charge in [0.05, 0.1) is 0 Å². The third-order valence-electron chi connectivity index (χ3n) is 8.11. The van der Waals surface area contributed by atoms with Gasteiger partial charge in [0.15, 0.2) is 0 Å². The van der Waals surface area contributed by atoms with E-state index < -0.39 is 17.4 Å². The summed E-state index contributed by atoms with van der Waals surface area (Å²) in [4.78, 5) is 0. The van der Waals surface area contributed by atoms with Crippen molar-refractivity contribution in [1.82, 2.24) is 0 Å². The first-order valence-corrected chi connectivity index (χ1v) is 14.6. The van der Waals surface area contributed by atoms with Crippen LogP contribution in [0.1, 0.15) is 95.9 Å². The molecule has 0 saturated carbocycles. The standard InChI is InChI=1S/2C13H13.C3H6.2ClH.Ti/c2*1-3-7-12-10(5-1)9-11-6-2-4-8-13(11)12;1-3-2;;;/h2*1,3,5,7,9H,2,4,6,8H2;1-2H3;2*1H;/q;;;;;+2/p-2. The molecule has 0 fully saturated rings. The van der Waals surface area contributed by atoms with E-state index in [4.69, 9.17) is 0 Å². The van der Waals surface area contributed by atoms with Gasteiger partial charge in [-0.1, -0.05) is 0 Å². The number of hydrogen-bond acceptors (Lipinski definition) is 0. The second-order valence-electron chi connectivity index (χ2n) is 9.92. The molecule has 0 aliphatic heterocycles. The zero-order chi connectivity index (χ0) is 20.2. The van der Waals surface area contributed by atoms with E-state index in [9.17, 15) is 0 Å². The Kier molecular flexibility index (Phi) is 7.38. The van der Waals surface area contributed by atoms with Crippen molar-refractivity contribution in [3.05, 3.63) is 81.9 Å². The fourth-order valence-corrected chi connectivity index (χ4v) is 13.3. The minimum atomic E-state index is -1.65. The molecular formula is C29H32Cl2Ti. The van der Waals surface area contributed by atoms with Crippen LogP contribution in [0, 0.1) is 0 Å². The Morgan fingerprint density at radius 1 is 0.625 bits per heavy atom. The second kappa shape index (κ2) is 9.75. The Morgan fingerprint density at radius 3 is 1.47 bits per heavy atom. The molecule has 2 aromatic rings. The van der Waals surface area contributed by atoms with E-state index in [0.717, 1.165) is 8.45 Å². The summed E-state index contributed by atoms with van der Waals surface area (Å²) in [7, 11) is 0. The molecule has 0 amide bonds. The molecule has 0 spiro atoms. The quantitative estimate of drug-likeness (QED) is 0.555. The molecule has 0 radical (unpaired) electrons. The van der Waals surface area contributed by atoms with Crippen LogP contribution in [0.15, 0.2) is 59.7 Å². The summed E-state index contributed by atoms with van der Waals surface area (Å²) in [5, 5.41) is 0. The van der Waals surface area contributed by atoms with Crippen molar-refractivity contribution in [2.75, 3.05) is 0 Å². The van der Waals surface area contributed by atoms with E-state index in [1.165, 1.54) is 51.4 Å². The van der Waals surface area contributed by atoms with Crippen molar-refractivity contribution in [2.45, 2.75) is 73.7 Å². The number of hydrogen-bond donors (Lipinski definition) is 0. The molecular weight excluding hydrogens is 467 g/mol. The predicted octanol–water partition coefficient (Wildman–Crippen LogP) is 1.99. The SMILES string of the molecule is C[C](C)=[Ti+2]([CH]1C2=C(CCCC2)c2ccccc21)[CH]1C2=C(CCCC2)c2ccccc21.[Cl-].[Cl-]. The van der Waals surface area contributed by atoms with E-state index in [1.807, 2.05) is 11.1 Å². The Balaban J connectivity index is 0.00000122. The minimum absolute atomic E-state index is 0. The molecule has 0 nitrogen and oxygen atoms in total. The van der Waals surface area contributed by atoms with Crippen molar-refractivity contribution in [1.29, 1.82) is 0 Å². The maximum absolute atomic E-state index is 2.49. The molecule has 0 N–H and O–H groups in total. The molecule has 2 unspecified atom stereocenters. The third kappa shape index (κ3) is 3.67. The Hall–Kier alpha value is -0.916. The molecule has 0 bridgehead atoms. The molecule has 4 aliphatic rings. The summed E-state index contributed by atoms with van der Waals surface area (Å²) in [5.41, 5.74) is 13.8. The fraction of sp³-hybridized carbons (Fsp3) is 0.414. The van der Waals surface area contributed by atoms with Crippen LogP contribution in [0.3, 0.4) is 0 Å². The Morgan fingerprint density at radius 2 is 1.03 bits per heavy atom. The maximum atomic E-state index is 2.49. The number of halogens is 2. The van der Waals surface area contributed by atoms with Crippen molar-refractivity contribution in [3.63, 3.8) is 0 Å². The molecule has 2 aromatic carbocycles. The van der Waals surface area contributed by atoms with Crippen molar-refractivity contribution >= 4 is 15.0 Å². The van der Waals surface area contributed by atoms with Gasteiger partial charge in [-0.2, -0.15) is 0 Å². The molecule has 4 aliphatic carbocycles. The second-order valence-corrected chi connectivity index (χ2v) is 14.7. The first kappa shape index (κ1) is 24.2. The summed E-state index contributed by atoms with van der Waals surface area (Å²) < 4.78 is 3.27. The van der Waals surface area contributed by atoms with Crippen LogP contribution in [0.5, 0.6) is 0 Å². The molecule has 166 valence electrons. The van der Waals surface area contributed by atoms with E-state index in [1.54, 1.807) is 37.2 Å². The smallest absolute Gasteiger partial charge is 1.00 e. The summed E-state index contributed by atoms with van der Waals surface area (Å²) in [5.74, 6) is 0. The minimum Gasteiger partial charge on any atom is -1.00 e. The monoisotopic (exact) mass is 498 g/mol. The van der Waals surface area contributed by atoms with Gasteiger partial charge < -0.3 is 24.8 Å². The topological polar surface area (TPSA) is 0 Å². The van der Waals surface area contributed by atoms with Crippen molar-refractivity contribution in [3.8, 4) is 0 Å². The van der Waals surface area contributed by atoms with Crippen LogP contribution in [0.4, 0.5) is 0 Å². The van der Waals surface area contributed by atoms with Gasteiger partial charge >= 0.3 is 188 Å². The van der Waals surface area contributed by atoms with Crippen LogP contribution in [-0.4, -0.2) is 3.81 Å². The zero-order valence-corrected chi connectivity index (χ0v) is 22.3. The van der Waals surface area contributed by atoms with E-state index in [-0.39, 0.29) is 24.8 Å². The largest absolute Gasteiger partial charge is 1.00 e. The molecule has 2 atom stereocenters. The van der Waals surface area contributed by atoms with Crippen LogP contribution >= 0.6 is 0 Å². The van der Waals surface area contributed by atoms with Gasteiger partial charge in [-0.3, -0.25) is 0 Å². The molecule has 6 rings (SSSR count). The number of fused-ring (bicyclic) bond motifs is 4. The molecule has 0 saturated heterocycles. The molecule has 0 heterocycles. The van der Waals surface area contributed by atoms with Crippen LogP contribution in [0.25, 0.3) is 11.1 Å². The van der Waals surface area contributed by atoms with Gasteiger partial charge in [0.2, 0.25) is 0 Å². The number of benzene rings is 2. The van der Waals surface area contributed by atoms with Gasteiger partial charge in [0.1, 0.15) is 0 Å². The van der Waals surface area contributed by atoms with Crippen LogP contribution in [0.2, 0.25) is 0 Å². The van der Waals surface area contributed by atoms with Gasteiger partial charge in [0, 0.05) is 0 Å². The summed E-state index contributed by atoms with van der Waals surface area (Å²) in [6.07, 6.45) is 10.9. The van der Waals surface area contributed by atoms with E-state index in [2.05, 4.69) is 62.4 Å². The van der Waals surface area contributed by atoms with Crippen LogP contribution in [-0.2, 0) is 17.4 Å². The average Bonchev–Trinajstić information content (AvgIpc) is 3.29. The van der Waals surface area contributed by atoms with Gasteiger partial charge in [0.25, 0.3) is 0 Å². The third-order valence-corrected chi connectivity index (χ3v) is 13.9. The van der Waals surface area contributed by atoms with Gasteiger partial charge in [-0.05, 0) is 0 Å².